The largest absolute Gasteiger partial charge is 0.378 e. The van der Waals surface area contributed by atoms with Crippen molar-refractivity contribution in [2.24, 2.45) is 0 Å². The number of benzene rings is 1. The van der Waals surface area contributed by atoms with Crippen LogP contribution < -0.4 is 0 Å². The highest BCUT2D eigenvalue weighted by Crippen LogP contribution is 2.37. The summed E-state index contributed by atoms with van der Waals surface area (Å²) < 4.78 is 11.8. The first kappa shape index (κ1) is 15.5. The normalized spacial score (nSPS) is 24.5. The van der Waals surface area contributed by atoms with Crippen LogP contribution in [0.3, 0.4) is 0 Å². The van der Waals surface area contributed by atoms with Crippen molar-refractivity contribution in [1.29, 1.82) is 0 Å². The molecule has 0 aliphatic carbocycles. The third kappa shape index (κ3) is 2.77. The first-order chi connectivity index (χ1) is 10.7. The first-order valence-corrected chi connectivity index (χ1v) is 8.18. The first-order valence-electron chi connectivity index (χ1n) is 8.18. The van der Waals surface area contributed by atoms with Crippen LogP contribution in [-0.4, -0.2) is 49.3 Å². The quantitative estimate of drug-likeness (QED) is 0.843. The number of methoxy groups -OCH3 is 1. The van der Waals surface area contributed by atoms with Crippen molar-refractivity contribution in [2.45, 2.75) is 44.3 Å². The molecule has 2 aliphatic rings. The van der Waals surface area contributed by atoms with E-state index >= 15 is 0 Å². The van der Waals surface area contributed by atoms with E-state index in [-0.39, 0.29) is 17.6 Å². The van der Waals surface area contributed by atoms with Gasteiger partial charge in [0.15, 0.2) is 0 Å². The van der Waals surface area contributed by atoms with Crippen molar-refractivity contribution in [3.8, 4) is 0 Å². The second-order valence-electron chi connectivity index (χ2n) is 6.39. The van der Waals surface area contributed by atoms with E-state index in [1.54, 1.807) is 7.11 Å². The van der Waals surface area contributed by atoms with Gasteiger partial charge in [0, 0.05) is 32.4 Å². The number of rotatable bonds is 2. The molecular weight excluding hydrogens is 278 g/mol. The van der Waals surface area contributed by atoms with Crippen molar-refractivity contribution < 1.29 is 14.3 Å². The summed E-state index contributed by atoms with van der Waals surface area (Å²) in [5.74, 6) is 0.137. The minimum atomic E-state index is -0.185. The van der Waals surface area contributed by atoms with Gasteiger partial charge >= 0.3 is 0 Å². The lowest BCUT2D eigenvalue weighted by Gasteiger charge is -2.48. The molecule has 2 saturated heterocycles. The predicted octanol–water partition coefficient (Wildman–Crippen LogP) is 2.80. The van der Waals surface area contributed by atoms with Gasteiger partial charge in [0.25, 0.3) is 5.91 Å². The van der Waals surface area contributed by atoms with Crippen LogP contribution in [0.4, 0.5) is 0 Å². The van der Waals surface area contributed by atoms with Gasteiger partial charge < -0.3 is 14.4 Å². The van der Waals surface area contributed by atoms with Crippen molar-refractivity contribution in [1.82, 2.24) is 4.90 Å². The van der Waals surface area contributed by atoms with Gasteiger partial charge in [-0.05, 0) is 44.2 Å². The molecule has 1 amide bonds. The number of carbonyl (C=O) groups excluding carboxylic acids is 1. The predicted molar refractivity (Wildman–Crippen MR) is 85.0 cm³/mol. The Labute approximate surface area is 132 Å². The standard InChI is InChI=1S/C18H25NO3/c1-14-6-3-4-7-15(14)17(20)19-11-9-18(10-12-19)16(21-2)8-5-13-22-18/h3-4,6-7,16H,5,8-13H2,1-2H3/t16-/m1/s1. The summed E-state index contributed by atoms with van der Waals surface area (Å²) in [7, 11) is 1.77. The summed E-state index contributed by atoms with van der Waals surface area (Å²) in [5, 5.41) is 0. The summed E-state index contributed by atoms with van der Waals surface area (Å²) in [6.45, 7) is 4.29. The second-order valence-corrected chi connectivity index (χ2v) is 6.39. The highest BCUT2D eigenvalue weighted by molar-refractivity contribution is 5.95. The number of amides is 1. The number of carbonyl (C=O) groups is 1. The van der Waals surface area contributed by atoms with Crippen molar-refractivity contribution in [2.75, 3.05) is 26.8 Å². The molecular formula is C18H25NO3. The van der Waals surface area contributed by atoms with Gasteiger partial charge in [-0.2, -0.15) is 0 Å². The highest BCUT2D eigenvalue weighted by atomic mass is 16.5. The topological polar surface area (TPSA) is 38.8 Å². The molecule has 0 aromatic heterocycles. The summed E-state index contributed by atoms with van der Waals surface area (Å²) >= 11 is 0. The molecule has 2 aliphatic heterocycles. The molecule has 2 heterocycles. The Morgan fingerprint density at radius 2 is 2.05 bits per heavy atom. The Kier molecular flexibility index (Phi) is 4.50. The maximum Gasteiger partial charge on any atom is 0.254 e. The van der Waals surface area contributed by atoms with Gasteiger partial charge in [-0.15, -0.1) is 0 Å². The van der Waals surface area contributed by atoms with Crippen LogP contribution in [0.5, 0.6) is 0 Å². The number of nitrogens with zero attached hydrogens (tertiary/aromatic N) is 1. The average molecular weight is 303 g/mol. The van der Waals surface area contributed by atoms with Gasteiger partial charge in [0.1, 0.15) is 0 Å². The Bertz CT molecular complexity index is 535. The summed E-state index contributed by atoms with van der Waals surface area (Å²) in [4.78, 5) is 14.7. The Hall–Kier alpha value is -1.39. The molecule has 0 saturated carbocycles. The minimum absolute atomic E-state index is 0.137. The molecule has 1 spiro atoms. The van der Waals surface area contributed by atoms with Gasteiger partial charge in [0.2, 0.25) is 0 Å². The number of likely N-dealkylation sites (tertiary alicyclic amines) is 1. The summed E-state index contributed by atoms with van der Waals surface area (Å²) in [6, 6.07) is 7.80. The smallest absolute Gasteiger partial charge is 0.254 e. The van der Waals surface area contributed by atoms with E-state index < -0.39 is 0 Å². The SMILES string of the molecule is CO[C@@H]1CCCOC12CCN(C(=O)c1ccccc1C)CC2. The summed E-state index contributed by atoms with van der Waals surface area (Å²) in [6.07, 6.45) is 4.01. The fourth-order valence-corrected chi connectivity index (χ4v) is 3.77. The van der Waals surface area contributed by atoms with Crippen LogP contribution >= 0.6 is 0 Å². The van der Waals surface area contributed by atoms with Gasteiger partial charge in [-0.25, -0.2) is 0 Å². The molecule has 3 rings (SSSR count). The lowest BCUT2D eigenvalue weighted by atomic mass is 9.81. The molecule has 1 atom stereocenters. The lowest BCUT2D eigenvalue weighted by molar-refractivity contribution is -0.183. The van der Waals surface area contributed by atoms with Gasteiger partial charge in [-0.1, -0.05) is 18.2 Å². The van der Waals surface area contributed by atoms with Crippen LogP contribution in [0.15, 0.2) is 24.3 Å². The number of aryl methyl sites for hydroxylation is 1. The van der Waals surface area contributed by atoms with Gasteiger partial charge in [-0.3, -0.25) is 4.79 Å². The van der Waals surface area contributed by atoms with E-state index in [2.05, 4.69) is 0 Å². The van der Waals surface area contributed by atoms with Crippen LogP contribution in [0.2, 0.25) is 0 Å². The zero-order valence-corrected chi connectivity index (χ0v) is 13.5. The van der Waals surface area contributed by atoms with E-state index in [0.717, 1.165) is 56.5 Å². The molecule has 4 nitrogen and oxygen atoms in total. The van der Waals surface area contributed by atoms with Crippen LogP contribution in [0.1, 0.15) is 41.6 Å². The van der Waals surface area contributed by atoms with Crippen molar-refractivity contribution in [3.63, 3.8) is 0 Å². The Morgan fingerprint density at radius 3 is 2.73 bits per heavy atom. The number of ether oxygens (including phenoxy) is 2. The molecule has 0 bridgehead atoms. The van der Waals surface area contributed by atoms with Crippen molar-refractivity contribution in [3.05, 3.63) is 35.4 Å². The number of hydrogen-bond acceptors (Lipinski definition) is 3. The molecule has 4 heteroatoms. The van der Waals surface area contributed by atoms with E-state index in [4.69, 9.17) is 9.47 Å². The Morgan fingerprint density at radius 1 is 1.32 bits per heavy atom. The number of piperidine rings is 1. The summed E-state index contributed by atoms with van der Waals surface area (Å²) in [5.41, 5.74) is 1.66. The number of hydrogen-bond donors (Lipinski definition) is 0. The van der Waals surface area contributed by atoms with Crippen molar-refractivity contribution >= 4 is 5.91 Å². The monoisotopic (exact) mass is 303 g/mol. The molecule has 0 N–H and O–H groups in total. The lowest BCUT2D eigenvalue weighted by Crippen LogP contribution is -2.56. The molecule has 120 valence electrons. The second kappa shape index (κ2) is 6.39. The minimum Gasteiger partial charge on any atom is -0.378 e. The molecule has 22 heavy (non-hydrogen) atoms. The Balaban J connectivity index is 1.69. The van der Waals surface area contributed by atoms with Crippen LogP contribution in [0.25, 0.3) is 0 Å². The zero-order valence-electron chi connectivity index (χ0n) is 13.5. The van der Waals surface area contributed by atoms with E-state index in [9.17, 15) is 4.79 Å². The average Bonchev–Trinajstić information content (AvgIpc) is 2.56. The maximum absolute atomic E-state index is 12.7. The van der Waals surface area contributed by atoms with Crippen LogP contribution in [-0.2, 0) is 9.47 Å². The third-order valence-corrected chi connectivity index (χ3v) is 5.14. The highest BCUT2D eigenvalue weighted by Gasteiger charge is 2.45. The maximum atomic E-state index is 12.7. The van der Waals surface area contributed by atoms with Crippen LogP contribution in [0, 0.1) is 6.92 Å². The molecule has 0 unspecified atom stereocenters. The van der Waals surface area contributed by atoms with E-state index in [1.807, 2.05) is 36.1 Å². The van der Waals surface area contributed by atoms with E-state index in [1.165, 1.54) is 0 Å². The molecule has 1 aromatic carbocycles. The molecule has 1 aromatic rings. The third-order valence-electron chi connectivity index (χ3n) is 5.14. The fourth-order valence-electron chi connectivity index (χ4n) is 3.77. The fraction of sp³-hybridized carbons (Fsp3) is 0.611. The van der Waals surface area contributed by atoms with Gasteiger partial charge in [0.05, 0.1) is 11.7 Å². The zero-order chi connectivity index (χ0) is 15.6. The molecule has 0 radical (unpaired) electrons. The molecule has 2 fully saturated rings. The van der Waals surface area contributed by atoms with E-state index in [0.29, 0.717) is 0 Å².